The van der Waals surface area contributed by atoms with E-state index in [1.165, 1.54) is 15.9 Å². The van der Waals surface area contributed by atoms with Crippen LogP contribution in [0.4, 0.5) is 0 Å². The van der Waals surface area contributed by atoms with E-state index in [1.807, 2.05) is 0 Å². The fourth-order valence-electron chi connectivity index (χ4n) is 2.48. The molecule has 0 aromatic heterocycles. The highest BCUT2D eigenvalue weighted by atomic mass is 16.4. The molecule has 2 amide bonds. The van der Waals surface area contributed by atoms with Crippen molar-refractivity contribution in [2.75, 3.05) is 20.6 Å². The molecule has 6 nitrogen and oxygen atoms in total. The van der Waals surface area contributed by atoms with Crippen LogP contribution in [0.25, 0.3) is 0 Å². The standard InChI is InChI=1S/C15H18N2O4/c1-16(2)13(18)10-5-3-6-11(9-10)14(19)17-8-4-7-12(17)15(20)21/h3,5-6,9,12H,4,7-8H2,1-2H3,(H,20,21)/t12-/m0/s1. The summed E-state index contributed by atoms with van der Waals surface area (Å²) >= 11 is 0. The van der Waals surface area contributed by atoms with Gasteiger partial charge in [0.1, 0.15) is 6.04 Å². The van der Waals surface area contributed by atoms with Crippen molar-refractivity contribution >= 4 is 17.8 Å². The van der Waals surface area contributed by atoms with Crippen LogP contribution in [-0.4, -0.2) is 59.4 Å². The van der Waals surface area contributed by atoms with Gasteiger partial charge in [0, 0.05) is 31.8 Å². The summed E-state index contributed by atoms with van der Waals surface area (Å²) in [6, 6.07) is 5.62. The van der Waals surface area contributed by atoms with Crippen molar-refractivity contribution in [3.8, 4) is 0 Å². The smallest absolute Gasteiger partial charge is 0.326 e. The Morgan fingerprint density at radius 1 is 1.24 bits per heavy atom. The summed E-state index contributed by atoms with van der Waals surface area (Å²) in [6.45, 7) is 0.432. The van der Waals surface area contributed by atoms with E-state index in [9.17, 15) is 14.4 Å². The Morgan fingerprint density at radius 2 is 1.90 bits per heavy atom. The number of hydrogen-bond acceptors (Lipinski definition) is 3. The van der Waals surface area contributed by atoms with Crippen LogP contribution < -0.4 is 0 Å². The van der Waals surface area contributed by atoms with Gasteiger partial charge in [-0.1, -0.05) is 6.07 Å². The zero-order valence-corrected chi connectivity index (χ0v) is 12.1. The summed E-state index contributed by atoms with van der Waals surface area (Å²) in [5.74, 6) is -1.52. The summed E-state index contributed by atoms with van der Waals surface area (Å²) in [5, 5.41) is 9.14. The summed E-state index contributed by atoms with van der Waals surface area (Å²) < 4.78 is 0. The van der Waals surface area contributed by atoms with Crippen molar-refractivity contribution in [1.29, 1.82) is 0 Å². The van der Waals surface area contributed by atoms with Crippen LogP contribution in [0.15, 0.2) is 24.3 Å². The maximum absolute atomic E-state index is 12.4. The molecule has 1 aliphatic rings. The largest absolute Gasteiger partial charge is 0.480 e. The van der Waals surface area contributed by atoms with Crippen LogP contribution in [0, 0.1) is 0 Å². The molecule has 1 N–H and O–H groups in total. The van der Waals surface area contributed by atoms with Gasteiger partial charge in [0.05, 0.1) is 0 Å². The van der Waals surface area contributed by atoms with Crippen LogP contribution in [0.1, 0.15) is 33.6 Å². The zero-order chi connectivity index (χ0) is 15.6. The SMILES string of the molecule is CN(C)C(=O)c1cccc(C(=O)N2CCC[C@H]2C(=O)O)c1. The van der Waals surface area contributed by atoms with Gasteiger partial charge in [-0.15, -0.1) is 0 Å². The highest BCUT2D eigenvalue weighted by Crippen LogP contribution is 2.21. The second-order valence-corrected chi connectivity index (χ2v) is 5.28. The van der Waals surface area contributed by atoms with Gasteiger partial charge in [-0.2, -0.15) is 0 Å². The molecule has 1 atom stereocenters. The number of nitrogens with zero attached hydrogens (tertiary/aromatic N) is 2. The van der Waals surface area contributed by atoms with Gasteiger partial charge in [0.2, 0.25) is 0 Å². The molecule has 0 spiro atoms. The summed E-state index contributed by atoms with van der Waals surface area (Å²) in [7, 11) is 3.27. The molecule has 112 valence electrons. The third-order valence-corrected chi connectivity index (χ3v) is 3.56. The number of carboxylic acids is 1. The molecule has 0 aliphatic carbocycles. The molecule has 0 bridgehead atoms. The fourth-order valence-corrected chi connectivity index (χ4v) is 2.48. The minimum Gasteiger partial charge on any atom is -0.480 e. The average Bonchev–Trinajstić information content (AvgIpc) is 2.95. The molecule has 1 heterocycles. The third-order valence-electron chi connectivity index (χ3n) is 3.56. The van der Waals surface area contributed by atoms with Crippen LogP contribution in [0.3, 0.4) is 0 Å². The van der Waals surface area contributed by atoms with Crippen molar-refractivity contribution in [1.82, 2.24) is 9.80 Å². The molecule has 0 saturated carbocycles. The molecule has 1 aliphatic heterocycles. The first-order valence-corrected chi connectivity index (χ1v) is 6.77. The summed E-state index contributed by atoms with van der Waals surface area (Å²) in [6.07, 6.45) is 1.15. The van der Waals surface area contributed by atoms with Crippen LogP contribution in [-0.2, 0) is 4.79 Å². The van der Waals surface area contributed by atoms with E-state index < -0.39 is 12.0 Å². The monoisotopic (exact) mass is 290 g/mol. The van der Waals surface area contributed by atoms with Gasteiger partial charge >= 0.3 is 5.97 Å². The van der Waals surface area contributed by atoms with Crippen molar-refractivity contribution < 1.29 is 19.5 Å². The van der Waals surface area contributed by atoms with E-state index >= 15 is 0 Å². The van der Waals surface area contributed by atoms with E-state index in [4.69, 9.17) is 5.11 Å². The molecule has 1 saturated heterocycles. The predicted molar refractivity (Wildman–Crippen MR) is 76.2 cm³/mol. The van der Waals surface area contributed by atoms with Gasteiger partial charge in [-0.3, -0.25) is 9.59 Å². The number of benzene rings is 1. The second-order valence-electron chi connectivity index (χ2n) is 5.28. The van der Waals surface area contributed by atoms with Gasteiger partial charge in [-0.25, -0.2) is 4.79 Å². The van der Waals surface area contributed by atoms with Gasteiger partial charge in [0.15, 0.2) is 0 Å². The second kappa shape index (κ2) is 5.95. The van der Waals surface area contributed by atoms with Crippen LogP contribution in [0.5, 0.6) is 0 Å². The minimum absolute atomic E-state index is 0.194. The van der Waals surface area contributed by atoms with Crippen LogP contribution >= 0.6 is 0 Å². The molecule has 6 heteroatoms. The lowest BCUT2D eigenvalue weighted by Gasteiger charge is -2.21. The topological polar surface area (TPSA) is 77.9 Å². The quantitative estimate of drug-likeness (QED) is 0.903. The molecule has 0 radical (unpaired) electrons. The van der Waals surface area contributed by atoms with Gasteiger partial charge < -0.3 is 14.9 Å². The highest BCUT2D eigenvalue weighted by Gasteiger charge is 2.34. The average molecular weight is 290 g/mol. The van der Waals surface area contributed by atoms with Gasteiger partial charge in [-0.05, 0) is 31.0 Å². The number of aliphatic carboxylic acids is 1. The summed E-state index contributed by atoms with van der Waals surface area (Å²) in [4.78, 5) is 38.3. The Bertz CT molecular complexity index is 583. The van der Waals surface area contributed by atoms with E-state index in [1.54, 1.807) is 32.3 Å². The molecule has 2 rings (SSSR count). The van der Waals surface area contributed by atoms with Crippen LogP contribution in [0.2, 0.25) is 0 Å². The minimum atomic E-state index is -0.985. The van der Waals surface area contributed by atoms with E-state index in [0.717, 1.165) is 0 Å². The molecular weight excluding hydrogens is 272 g/mol. The lowest BCUT2D eigenvalue weighted by molar-refractivity contribution is -0.141. The normalized spacial score (nSPS) is 17.6. The number of amides is 2. The first kappa shape index (κ1) is 15.0. The third kappa shape index (κ3) is 3.04. The molecule has 1 aromatic carbocycles. The lowest BCUT2D eigenvalue weighted by atomic mass is 10.1. The first-order chi connectivity index (χ1) is 9.91. The molecule has 1 fully saturated rings. The van der Waals surface area contributed by atoms with E-state index in [2.05, 4.69) is 0 Å². The van der Waals surface area contributed by atoms with Crippen molar-refractivity contribution in [3.63, 3.8) is 0 Å². The molecular formula is C15H18N2O4. The number of carbonyl (C=O) groups excluding carboxylic acids is 2. The maximum Gasteiger partial charge on any atom is 0.326 e. The zero-order valence-electron chi connectivity index (χ0n) is 12.1. The molecule has 0 unspecified atom stereocenters. The predicted octanol–water partition coefficient (Wildman–Crippen LogP) is 1.08. The maximum atomic E-state index is 12.4. The highest BCUT2D eigenvalue weighted by molar-refractivity contribution is 6.00. The van der Waals surface area contributed by atoms with Crippen molar-refractivity contribution in [3.05, 3.63) is 35.4 Å². The number of carbonyl (C=O) groups is 3. The fraction of sp³-hybridized carbons (Fsp3) is 0.400. The Kier molecular flexibility index (Phi) is 4.26. The Morgan fingerprint density at radius 3 is 2.52 bits per heavy atom. The molecule has 21 heavy (non-hydrogen) atoms. The first-order valence-electron chi connectivity index (χ1n) is 6.77. The molecule has 1 aromatic rings. The Hall–Kier alpha value is -2.37. The summed E-state index contributed by atoms with van der Waals surface area (Å²) in [5.41, 5.74) is 0.757. The Balaban J connectivity index is 2.26. The number of rotatable bonds is 3. The van der Waals surface area contributed by atoms with Crippen molar-refractivity contribution in [2.45, 2.75) is 18.9 Å². The number of hydrogen-bond donors (Lipinski definition) is 1. The Labute approximate surface area is 123 Å². The lowest BCUT2D eigenvalue weighted by Crippen LogP contribution is -2.40. The van der Waals surface area contributed by atoms with Gasteiger partial charge in [0.25, 0.3) is 11.8 Å². The number of carboxylic acid groups (broad SMARTS) is 1. The number of likely N-dealkylation sites (tertiary alicyclic amines) is 1. The van der Waals surface area contributed by atoms with Crippen molar-refractivity contribution in [2.24, 2.45) is 0 Å². The van der Waals surface area contributed by atoms with E-state index in [0.29, 0.717) is 30.5 Å². The van der Waals surface area contributed by atoms with E-state index in [-0.39, 0.29) is 11.8 Å².